The van der Waals surface area contributed by atoms with Crippen molar-refractivity contribution in [1.82, 2.24) is 20.9 Å². The van der Waals surface area contributed by atoms with E-state index in [-0.39, 0.29) is 24.1 Å². The van der Waals surface area contributed by atoms with Crippen LogP contribution in [0.5, 0.6) is 0 Å². The number of hydrogen-bond donors (Lipinski definition) is 3. The number of rotatable bonds is 5. The van der Waals surface area contributed by atoms with Gasteiger partial charge >= 0.3 is 0 Å². The molecule has 3 fully saturated rings. The molecule has 3 N–H and O–H groups in total. The highest BCUT2D eigenvalue weighted by Gasteiger charge is 2.40. The molecule has 3 amide bonds. The number of benzene rings is 1. The van der Waals surface area contributed by atoms with Crippen molar-refractivity contribution in [1.29, 1.82) is 0 Å². The molecule has 4 unspecified atom stereocenters. The van der Waals surface area contributed by atoms with E-state index >= 15 is 0 Å². The van der Waals surface area contributed by atoms with Crippen molar-refractivity contribution in [3.8, 4) is 0 Å². The van der Waals surface area contributed by atoms with Gasteiger partial charge in [-0.1, -0.05) is 12.1 Å². The van der Waals surface area contributed by atoms with Crippen molar-refractivity contribution >= 4 is 17.7 Å². The normalized spacial score (nSPS) is 31.2. The molecule has 4 heterocycles. The summed E-state index contributed by atoms with van der Waals surface area (Å²) >= 11 is 0. The number of amides is 3. The SMILES string of the molecule is O=C1CCC(N2Cc3c(CNCC4CC5OCCC5N4)cccc3C2=O)C(=O)N1. The molecule has 0 aliphatic carbocycles. The molecule has 29 heavy (non-hydrogen) atoms. The molecule has 154 valence electrons. The summed E-state index contributed by atoms with van der Waals surface area (Å²) in [5.74, 6) is -0.767. The zero-order valence-electron chi connectivity index (χ0n) is 16.3. The quantitative estimate of drug-likeness (QED) is 0.607. The minimum atomic E-state index is -0.574. The van der Waals surface area contributed by atoms with Crippen molar-refractivity contribution in [2.24, 2.45) is 0 Å². The molecule has 1 aromatic rings. The predicted octanol–water partition coefficient (Wildman–Crippen LogP) is 0.0566. The second kappa shape index (κ2) is 7.51. The van der Waals surface area contributed by atoms with Crippen LogP contribution in [-0.4, -0.2) is 60.0 Å². The van der Waals surface area contributed by atoms with E-state index < -0.39 is 6.04 Å². The summed E-state index contributed by atoms with van der Waals surface area (Å²) in [6.07, 6.45) is 3.13. The zero-order valence-corrected chi connectivity index (χ0v) is 16.3. The van der Waals surface area contributed by atoms with E-state index in [0.29, 0.717) is 43.3 Å². The topological polar surface area (TPSA) is 99.8 Å². The molecule has 1 aromatic carbocycles. The molecule has 4 aliphatic rings. The summed E-state index contributed by atoms with van der Waals surface area (Å²) < 4.78 is 5.74. The van der Waals surface area contributed by atoms with Crippen LogP contribution in [0.25, 0.3) is 0 Å². The first-order valence-electron chi connectivity index (χ1n) is 10.4. The lowest BCUT2D eigenvalue weighted by atomic mass is 10.0. The fourth-order valence-corrected chi connectivity index (χ4v) is 5.06. The maximum atomic E-state index is 12.9. The van der Waals surface area contributed by atoms with E-state index in [2.05, 4.69) is 16.0 Å². The van der Waals surface area contributed by atoms with Crippen LogP contribution in [-0.2, 0) is 27.4 Å². The van der Waals surface area contributed by atoms with Crippen LogP contribution in [0.15, 0.2) is 18.2 Å². The highest BCUT2D eigenvalue weighted by atomic mass is 16.5. The summed E-state index contributed by atoms with van der Waals surface area (Å²) in [5.41, 5.74) is 2.73. The Bertz CT molecular complexity index is 845. The van der Waals surface area contributed by atoms with Gasteiger partial charge in [0, 0.05) is 50.3 Å². The lowest BCUT2D eigenvalue weighted by molar-refractivity contribution is -0.136. The van der Waals surface area contributed by atoms with Crippen LogP contribution in [0.4, 0.5) is 0 Å². The van der Waals surface area contributed by atoms with Gasteiger partial charge in [-0.3, -0.25) is 19.7 Å². The first kappa shape index (κ1) is 18.7. The first-order valence-corrected chi connectivity index (χ1v) is 10.4. The third-order valence-electron chi connectivity index (χ3n) is 6.56. The van der Waals surface area contributed by atoms with E-state index in [0.717, 1.165) is 37.1 Å². The lowest BCUT2D eigenvalue weighted by Gasteiger charge is -2.29. The van der Waals surface area contributed by atoms with Gasteiger partial charge in [-0.25, -0.2) is 0 Å². The summed E-state index contributed by atoms with van der Waals surface area (Å²) in [6, 6.07) is 6.08. The van der Waals surface area contributed by atoms with Crippen molar-refractivity contribution < 1.29 is 19.1 Å². The third kappa shape index (κ3) is 3.45. The van der Waals surface area contributed by atoms with Gasteiger partial charge in [-0.2, -0.15) is 0 Å². The molecule has 3 saturated heterocycles. The van der Waals surface area contributed by atoms with Crippen LogP contribution in [0.1, 0.15) is 47.2 Å². The number of carbonyl (C=O) groups excluding carboxylic acids is 3. The van der Waals surface area contributed by atoms with Crippen LogP contribution in [0.2, 0.25) is 0 Å². The fraction of sp³-hybridized carbons (Fsp3) is 0.571. The van der Waals surface area contributed by atoms with Crippen molar-refractivity contribution in [3.63, 3.8) is 0 Å². The monoisotopic (exact) mass is 398 g/mol. The predicted molar refractivity (Wildman–Crippen MR) is 104 cm³/mol. The Kier molecular flexibility index (Phi) is 4.85. The lowest BCUT2D eigenvalue weighted by Crippen LogP contribution is -2.52. The van der Waals surface area contributed by atoms with Crippen LogP contribution >= 0.6 is 0 Å². The fourth-order valence-electron chi connectivity index (χ4n) is 5.06. The molecular formula is C21H26N4O4. The molecular weight excluding hydrogens is 372 g/mol. The van der Waals surface area contributed by atoms with Gasteiger partial charge in [-0.15, -0.1) is 0 Å². The van der Waals surface area contributed by atoms with Gasteiger partial charge in [0.2, 0.25) is 11.8 Å². The average Bonchev–Trinajstić information content (AvgIpc) is 3.37. The van der Waals surface area contributed by atoms with E-state index in [4.69, 9.17) is 4.74 Å². The molecule has 4 atom stereocenters. The highest BCUT2D eigenvalue weighted by molar-refractivity contribution is 6.05. The number of nitrogens with one attached hydrogen (secondary N) is 3. The third-order valence-corrected chi connectivity index (χ3v) is 6.56. The molecule has 5 rings (SSSR count). The van der Waals surface area contributed by atoms with Crippen LogP contribution in [0.3, 0.4) is 0 Å². The summed E-state index contributed by atoms with van der Waals surface area (Å²) in [6.45, 7) is 2.80. The van der Waals surface area contributed by atoms with Gasteiger partial charge in [0.05, 0.1) is 6.10 Å². The molecule has 0 aromatic heterocycles. The van der Waals surface area contributed by atoms with Gasteiger partial charge in [0.1, 0.15) is 6.04 Å². The van der Waals surface area contributed by atoms with Gasteiger partial charge in [0.15, 0.2) is 0 Å². The maximum absolute atomic E-state index is 12.9. The number of fused-ring (bicyclic) bond motifs is 2. The molecule has 0 saturated carbocycles. The standard InChI is InChI=1S/C21H26N4O4/c26-19-5-4-17(20(27)24-19)25-11-15-12(2-1-3-14(15)21(25)28)9-22-10-13-8-18-16(23-13)6-7-29-18/h1-3,13,16-18,22-23H,4-11H2,(H,24,26,27). The smallest absolute Gasteiger partial charge is 0.255 e. The van der Waals surface area contributed by atoms with Crippen molar-refractivity contribution in [2.75, 3.05) is 13.2 Å². The Morgan fingerprint density at radius 3 is 2.93 bits per heavy atom. The first-order chi connectivity index (χ1) is 14.1. The van der Waals surface area contributed by atoms with Crippen LogP contribution < -0.4 is 16.0 Å². The molecule has 4 aliphatic heterocycles. The molecule has 8 nitrogen and oxygen atoms in total. The highest BCUT2D eigenvalue weighted by Crippen LogP contribution is 2.30. The summed E-state index contributed by atoms with van der Waals surface area (Å²) in [7, 11) is 0. The van der Waals surface area contributed by atoms with Crippen molar-refractivity contribution in [2.45, 2.75) is 63.0 Å². The van der Waals surface area contributed by atoms with E-state index in [1.54, 1.807) is 4.90 Å². The van der Waals surface area contributed by atoms with Gasteiger partial charge in [-0.05, 0) is 36.5 Å². The Balaban J connectivity index is 1.22. The minimum absolute atomic E-state index is 0.126. The van der Waals surface area contributed by atoms with E-state index in [1.807, 2.05) is 18.2 Å². The molecule has 0 bridgehead atoms. The number of piperidine rings is 1. The second-order valence-electron chi connectivity index (χ2n) is 8.38. The Labute approximate surface area is 169 Å². The number of hydrogen-bond acceptors (Lipinski definition) is 6. The average molecular weight is 398 g/mol. The number of ether oxygens (including phenoxy) is 1. The number of imide groups is 1. The minimum Gasteiger partial charge on any atom is -0.376 e. The summed E-state index contributed by atoms with van der Waals surface area (Å²) in [5, 5.41) is 9.50. The molecule has 0 spiro atoms. The number of carbonyl (C=O) groups is 3. The summed E-state index contributed by atoms with van der Waals surface area (Å²) in [4.78, 5) is 38.1. The second-order valence-corrected chi connectivity index (χ2v) is 8.38. The van der Waals surface area contributed by atoms with Gasteiger partial charge < -0.3 is 20.3 Å². The molecule has 0 radical (unpaired) electrons. The van der Waals surface area contributed by atoms with E-state index in [9.17, 15) is 14.4 Å². The largest absolute Gasteiger partial charge is 0.376 e. The van der Waals surface area contributed by atoms with E-state index in [1.165, 1.54) is 0 Å². The van der Waals surface area contributed by atoms with Crippen LogP contribution in [0, 0.1) is 0 Å². The zero-order chi connectivity index (χ0) is 20.0. The van der Waals surface area contributed by atoms with Crippen molar-refractivity contribution in [3.05, 3.63) is 34.9 Å². The Hall–Kier alpha value is -2.29. The Morgan fingerprint density at radius 2 is 2.10 bits per heavy atom. The molecule has 8 heteroatoms. The van der Waals surface area contributed by atoms with Gasteiger partial charge in [0.25, 0.3) is 5.91 Å². The number of nitrogens with zero attached hydrogens (tertiary/aromatic N) is 1. The maximum Gasteiger partial charge on any atom is 0.255 e. The Morgan fingerprint density at radius 1 is 1.21 bits per heavy atom.